The van der Waals surface area contributed by atoms with Gasteiger partial charge in [-0.05, 0) is 30.7 Å². The summed E-state index contributed by atoms with van der Waals surface area (Å²) in [5, 5.41) is 0.626. The molecule has 1 N–H and O–H groups in total. The topological polar surface area (TPSA) is 125 Å². The van der Waals surface area contributed by atoms with Gasteiger partial charge in [0.1, 0.15) is 12.4 Å². The lowest BCUT2D eigenvalue weighted by Gasteiger charge is -2.05. The molecule has 0 bridgehead atoms. The maximum atomic E-state index is 12.3. The Hall–Kier alpha value is -3.66. The molecule has 34 heavy (non-hydrogen) atoms. The molecule has 0 unspecified atom stereocenters. The number of H-pyrrole nitrogens is 1. The molecular formula is C23H24ClN5O5. The van der Waals surface area contributed by atoms with Gasteiger partial charge in [-0.25, -0.2) is 14.8 Å². The number of benzene rings is 1. The minimum Gasteiger partial charge on any atom is -0.457 e. The van der Waals surface area contributed by atoms with Crippen LogP contribution in [0.5, 0.6) is 0 Å². The number of nitrogens with one attached hydrogen (secondary N) is 1. The summed E-state index contributed by atoms with van der Waals surface area (Å²) >= 11 is 5.90. The molecule has 178 valence electrons. The lowest BCUT2D eigenvalue weighted by Crippen LogP contribution is -2.31. The van der Waals surface area contributed by atoms with Gasteiger partial charge in [0.15, 0.2) is 22.8 Å². The third-order valence-corrected chi connectivity index (χ3v) is 5.68. The summed E-state index contributed by atoms with van der Waals surface area (Å²) in [7, 11) is 1.65. The van der Waals surface area contributed by atoms with Crippen LogP contribution in [0.25, 0.3) is 22.5 Å². The molecule has 11 heteroatoms. The highest BCUT2D eigenvalue weighted by atomic mass is 35.5. The first kappa shape index (κ1) is 23.5. The van der Waals surface area contributed by atoms with E-state index < -0.39 is 17.2 Å². The highest BCUT2D eigenvalue weighted by Crippen LogP contribution is 2.22. The summed E-state index contributed by atoms with van der Waals surface area (Å²) in [6.07, 6.45) is 3.58. The number of unbranched alkanes of at least 4 members (excludes halogenated alkanes) is 1. The zero-order valence-electron chi connectivity index (χ0n) is 18.8. The number of nitrogens with zero attached hydrogens (tertiary/aromatic N) is 4. The number of aromatic nitrogens is 5. The smallest absolute Gasteiger partial charge is 0.330 e. The van der Waals surface area contributed by atoms with Gasteiger partial charge in [0.05, 0.1) is 12.6 Å². The second-order valence-electron chi connectivity index (χ2n) is 7.81. The fraction of sp³-hybridized carbons (Fsp3) is 0.348. The molecule has 0 atom stereocenters. The minimum absolute atomic E-state index is 0.0618. The van der Waals surface area contributed by atoms with Crippen LogP contribution < -0.4 is 11.2 Å². The van der Waals surface area contributed by atoms with Gasteiger partial charge >= 0.3 is 11.7 Å². The Morgan fingerprint density at radius 3 is 2.74 bits per heavy atom. The Balaban J connectivity index is 1.40. The number of hydrogen-bond donors (Lipinski definition) is 1. The molecule has 3 aromatic heterocycles. The Bertz CT molecular complexity index is 1430. The zero-order chi connectivity index (χ0) is 24.2. The van der Waals surface area contributed by atoms with Crippen molar-refractivity contribution in [2.45, 2.75) is 45.8 Å². The zero-order valence-corrected chi connectivity index (χ0v) is 19.6. The quantitative estimate of drug-likeness (QED) is 0.361. The molecule has 1 aromatic carbocycles. The highest BCUT2D eigenvalue weighted by Gasteiger charge is 2.18. The van der Waals surface area contributed by atoms with Crippen molar-refractivity contribution < 1.29 is 13.9 Å². The molecule has 0 saturated heterocycles. The molecule has 0 aliphatic heterocycles. The summed E-state index contributed by atoms with van der Waals surface area (Å²) in [6, 6.07) is 7.16. The van der Waals surface area contributed by atoms with Crippen molar-refractivity contribution in [3.63, 3.8) is 0 Å². The van der Waals surface area contributed by atoms with Crippen LogP contribution in [0.2, 0.25) is 5.02 Å². The van der Waals surface area contributed by atoms with Crippen LogP contribution >= 0.6 is 11.6 Å². The predicted molar refractivity (Wildman–Crippen MR) is 126 cm³/mol. The van der Waals surface area contributed by atoms with Gasteiger partial charge in [0.2, 0.25) is 0 Å². The largest absolute Gasteiger partial charge is 0.457 e. The van der Waals surface area contributed by atoms with Crippen molar-refractivity contribution >= 4 is 28.7 Å². The highest BCUT2D eigenvalue weighted by molar-refractivity contribution is 6.30. The van der Waals surface area contributed by atoms with Crippen LogP contribution in [0.3, 0.4) is 0 Å². The monoisotopic (exact) mass is 485 g/mol. The number of carbonyl (C=O) groups is 1. The number of imidazole rings is 1. The first-order valence-electron chi connectivity index (χ1n) is 10.9. The second-order valence-corrected chi connectivity index (χ2v) is 8.25. The van der Waals surface area contributed by atoms with Crippen molar-refractivity contribution in [1.82, 2.24) is 24.1 Å². The van der Waals surface area contributed by atoms with E-state index in [0.29, 0.717) is 29.0 Å². The molecule has 0 amide bonds. The Labute approximate surface area is 199 Å². The summed E-state index contributed by atoms with van der Waals surface area (Å²) < 4.78 is 14.0. The first-order chi connectivity index (χ1) is 16.4. The molecule has 4 aromatic rings. The fourth-order valence-electron chi connectivity index (χ4n) is 3.54. The Morgan fingerprint density at radius 1 is 1.24 bits per heavy atom. The Kier molecular flexibility index (Phi) is 6.97. The average molecular weight is 486 g/mol. The van der Waals surface area contributed by atoms with E-state index >= 15 is 0 Å². The molecule has 3 heterocycles. The number of ether oxygens (including phenoxy) is 1. The predicted octanol–water partition coefficient (Wildman–Crippen LogP) is 3.21. The standard InChI is InChI=1S/C23H24ClN5O5/c1-3-4-11-29-21-20(22(31)27-23(29)32)28(2)17(26-21)13-33-19(30)10-9-18-25-12-16(34-18)14-5-7-15(24)8-6-14/h5-8,12H,3-4,9-11,13H2,1-2H3,(H,27,31,32). The number of hydrogen-bond acceptors (Lipinski definition) is 7. The maximum absolute atomic E-state index is 12.3. The third kappa shape index (κ3) is 4.96. The van der Waals surface area contributed by atoms with Gasteiger partial charge in [-0.3, -0.25) is 19.1 Å². The summed E-state index contributed by atoms with van der Waals surface area (Å²) in [4.78, 5) is 47.8. The summed E-state index contributed by atoms with van der Waals surface area (Å²) in [5.41, 5.74) is 0.346. The minimum atomic E-state index is -0.527. The van der Waals surface area contributed by atoms with E-state index in [1.165, 1.54) is 9.13 Å². The van der Waals surface area contributed by atoms with E-state index in [2.05, 4.69) is 15.0 Å². The van der Waals surface area contributed by atoms with Crippen molar-refractivity contribution in [3.8, 4) is 11.3 Å². The van der Waals surface area contributed by atoms with Crippen LogP contribution in [0, 0.1) is 0 Å². The molecule has 0 aliphatic rings. The molecule has 0 aliphatic carbocycles. The number of rotatable bonds is 9. The second kappa shape index (κ2) is 10.1. The molecular weight excluding hydrogens is 462 g/mol. The van der Waals surface area contributed by atoms with E-state index in [1.807, 2.05) is 19.1 Å². The third-order valence-electron chi connectivity index (χ3n) is 5.43. The SMILES string of the molecule is CCCCn1c(=O)[nH]c(=O)c2c1nc(COC(=O)CCc1ncc(-c3ccc(Cl)cc3)o1)n2C. The number of aryl methyl sites for hydroxylation is 3. The van der Waals surface area contributed by atoms with E-state index in [4.69, 9.17) is 20.8 Å². The first-order valence-corrected chi connectivity index (χ1v) is 11.3. The summed E-state index contributed by atoms with van der Waals surface area (Å²) in [6.45, 7) is 2.31. The van der Waals surface area contributed by atoms with Crippen LogP contribution in [0.15, 0.2) is 44.5 Å². The normalized spacial score (nSPS) is 11.3. The Morgan fingerprint density at radius 2 is 2.00 bits per heavy atom. The van der Waals surface area contributed by atoms with Crippen molar-refractivity contribution in [2.24, 2.45) is 7.05 Å². The average Bonchev–Trinajstić information content (AvgIpc) is 3.41. The molecule has 0 radical (unpaired) electrons. The molecule has 0 saturated carbocycles. The number of esters is 1. The molecule has 0 spiro atoms. The van der Waals surface area contributed by atoms with Gasteiger partial charge in [-0.2, -0.15) is 0 Å². The van der Waals surface area contributed by atoms with Crippen LogP contribution in [-0.4, -0.2) is 30.1 Å². The number of oxazole rings is 1. The van der Waals surface area contributed by atoms with E-state index in [0.717, 1.165) is 18.4 Å². The van der Waals surface area contributed by atoms with Crippen molar-refractivity contribution in [2.75, 3.05) is 0 Å². The fourth-order valence-corrected chi connectivity index (χ4v) is 3.67. The summed E-state index contributed by atoms with van der Waals surface area (Å²) in [5.74, 6) is 0.900. The number of aromatic amines is 1. The van der Waals surface area contributed by atoms with Crippen molar-refractivity contribution in [1.29, 1.82) is 0 Å². The van der Waals surface area contributed by atoms with Crippen LogP contribution in [-0.2, 0) is 36.2 Å². The van der Waals surface area contributed by atoms with Crippen molar-refractivity contribution in [3.05, 3.63) is 68.0 Å². The van der Waals surface area contributed by atoms with Gasteiger partial charge in [0.25, 0.3) is 5.56 Å². The number of carbonyl (C=O) groups excluding carboxylic acids is 1. The van der Waals surface area contributed by atoms with Gasteiger partial charge in [0, 0.05) is 30.6 Å². The van der Waals surface area contributed by atoms with Crippen LogP contribution in [0.1, 0.15) is 37.9 Å². The molecule has 10 nitrogen and oxygen atoms in total. The molecule has 4 rings (SSSR count). The lowest BCUT2D eigenvalue weighted by molar-refractivity contribution is -0.145. The maximum Gasteiger partial charge on any atom is 0.330 e. The van der Waals surface area contributed by atoms with E-state index in [-0.39, 0.29) is 30.6 Å². The van der Waals surface area contributed by atoms with Gasteiger partial charge in [-0.1, -0.05) is 24.9 Å². The van der Waals surface area contributed by atoms with E-state index in [9.17, 15) is 14.4 Å². The molecule has 0 fully saturated rings. The lowest BCUT2D eigenvalue weighted by atomic mass is 10.2. The van der Waals surface area contributed by atoms with Gasteiger partial charge in [-0.15, -0.1) is 0 Å². The number of fused-ring (bicyclic) bond motifs is 1. The number of halogens is 1. The van der Waals surface area contributed by atoms with Crippen LogP contribution in [0.4, 0.5) is 0 Å². The van der Waals surface area contributed by atoms with E-state index in [1.54, 1.807) is 25.4 Å². The van der Waals surface area contributed by atoms with Gasteiger partial charge < -0.3 is 13.7 Å².